The van der Waals surface area contributed by atoms with E-state index in [1.54, 1.807) is 12.3 Å². The molecule has 2 N–H and O–H groups in total. The summed E-state index contributed by atoms with van der Waals surface area (Å²) < 4.78 is 0. The highest BCUT2D eigenvalue weighted by Gasteiger charge is 2.10. The predicted molar refractivity (Wildman–Crippen MR) is 70.2 cm³/mol. The SMILES string of the molecule is OC(CNCc1cccnn1)c1ccccc1Cl. The Morgan fingerprint density at radius 3 is 2.78 bits per heavy atom. The molecule has 1 unspecified atom stereocenters. The van der Waals surface area contributed by atoms with E-state index in [1.807, 2.05) is 30.3 Å². The smallest absolute Gasteiger partial charge is 0.0928 e. The van der Waals surface area contributed by atoms with Gasteiger partial charge in [-0.15, -0.1) is 0 Å². The summed E-state index contributed by atoms with van der Waals surface area (Å²) in [7, 11) is 0. The number of hydrogen-bond donors (Lipinski definition) is 2. The fraction of sp³-hybridized carbons (Fsp3) is 0.231. The van der Waals surface area contributed by atoms with Crippen LogP contribution in [0, 0.1) is 0 Å². The van der Waals surface area contributed by atoms with Gasteiger partial charge < -0.3 is 10.4 Å². The lowest BCUT2D eigenvalue weighted by atomic mass is 10.1. The second kappa shape index (κ2) is 6.44. The topological polar surface area (TPSA) is 58.0 Å². The summed E-state index contributed by atoms with van der Waals surface area (Å²) in [5.41, 5.74) is 1.56. The average molecular weight is 264 g/mol. The molecule has 1 atom stereocenters. The molecule has 0 amide bonds. The number of nitrogens with zero attached hydrogens (tertiary/aromatic N) is 2. The first-order valence-electron chi connectivity index (χ1n) is 5.67. The lowest BCUT2D eigenvalue weighted by Crippen LogP contribution is -2.21. The van der Waals surface area contributed by atoms with Crippen molar-refractivity contribution in [2.75, 3.05) is 6.54 Å². The fourth-order valence-corrected chi connectivity index (χ4v) is 1.88. The summed E-state index contributed by atoms with van der Waals surface area (Å²) >= 11 is 6.00. The van der Waals surface area contributed by atoms with E-state index in [1.165, 1.54) is 0 Å². The van der Waals surface area contributed by atoms with Crippen molar-refractivity contribution in [2.24, 2.45) is 0 Å². The van der Waals surface area contributed by atoms with Crippen LogP contribution >= 0.6 is 11.6 Å². The Morgan fingerprint density at radius 2 is 2.06 bits per heavy atom. The maximum absolute atomic E-state index is 10.00. The van der Waals surface area contributed by atoms with Gasteiger partial charge in [0.2, 0.25) is 0 Å². The number of hydrogen-bond acceptors (Lipinski definition) is 4. The number of aliphatic hydroxyl groups excluding tert-OH is 1. The zero-order valence-corrected chi connectivity index (χ0v) is 10.5. The van der Waals surface area contributed by atoms with Crippen molar-refractivity contribution in [1.82, 2.24) is 15.5 Å². The van der Waals surface area contributed by atoms with Gasteiger partial charge in [-0.1, -0.05) is 29.8 Å². The van der Waals surface area contributed by atoms with E-state index >= 15 is 0 Å². The minimum atomic E-state index is -0.629. The Bertz CT molecular complexity index is 493. The first kappa shape index (κ1) is 13.0. The summed E-state index contributed by atoms with van der Waals surface area (Å²) in [6, 6.07) is 11.0. The van der Waals surface area contributed by atoms with Crippen LogP contribution in [0.4, 0.5) is 0 Å². The Morgan fingerprint density at radius 1 is 1.22 bits per heavy atom. The van der Waals surface area contributed by atoms with E-state index in [0.29, 0.717) is 18.1 Å². The van der Waals surface area contributed by atoms with Gasteiger partial charge >= 0.3 is 0 Å². The monoisotopic (exact) mass is 263 g/mol. The summed E-state index contributed by atoms with van der Waals surface area (Å²) in [4.78, 5) is 0. The molecular weight excluding hydrogens is 250 g/mol. The first-order chi connectivity index (χ1) is 8.77. The molecule has 1 heterocycles. The lowest BCUT2D eigenvalue weighted by molar-refractivity contribution is 0.174. The molecule has 0 saturated carbocycles. The van der Waals surface area contributed by atoms with Crippen LogP contribution in [0.25, 0.3) is 0 Å². The second-order valence-electron chi connectivity index (χ2n) is 3.88. The van der Waals surface area contributed by atoms with E-state index in [4.69, 9.17) is 11.6 Å². The molecule has 0 fully saturated rings. The Labute approximate surface area is 111 Å². The number of aromatic nitrogens is 2. The third-order valence-corrected chi connectivity index (χ3v) is 2.88. The molecule has 0 aliphatic rings. The second-order valence-corrected chi connectivity index (χ2v) is 4.29. The number of rotatable bonds is 5. The summed E-state index contributed by atoms with van der Waals surface area (Å²) in [5, 5.41) is 21.4. The van der Waals surface area contributed by atoms with Gasteiger partial charge in [0.15, 0.2) is 0 Å². The number of aliphatic hydroxyl groups is 1. The number of nitrogens with one attached hydrogen (secondary N) is 1. The van der Waals surface area contributed by atoms with Crippen LogP contribution in [-0.2, 0) is 6.54 Å². The van der Waals surface area contributed by atoms with Gasteiger partial charge in [0.05, 0.1) is 11.8 Å². The van der Waals surface area contributed by atoms with Gasteiger partial charge in [-0.2, -0.15) is 10.2 Å². The minimum absolute atomic E-state index is 0.417. The van der Waals surface area contributed by atoms with Crippen LogP contribution in [0.1, 0.15) is 17.4 Å². The van der Waals surface area contributed by atoms with Crippen molar-refractivity contribution in [3.05, 3.63) is 58.9 Å². The average Bonchev–Trinajstić information content (AvgIpc) is 2.40. The normalized spacial score (nSPS) is 12.3. The van der Waals surface area contributed by atoms with Crippen LogP contribution in [0.15, 0.2) is 42.6 Å². The maximum Gasteiger partial charge on any atom is 0.0928 e. The van der Waals surface area contributed by atoms with Crippen LogP contribution in [-0.4, -0.2) is 21.8 Å². The van der Waals surface area contributed by atoms with Crippen molar-refractivity contribution >= 4 is 11.6 Å². The quantitative estimate of drug-likeness (QED) is 0.866. The van der Waals surface area contributed by atoms with Gasteiger partial charge in [-0.25, -0.2) is 0 Å². The summed E-state index contributed by atoms with van der Waals surface area (Å²) in [6.07, 6.45) is 0.998. The zero-order valence-electron chi connectivity index (χ0n) is 9.75. The van der Waals surface area contributed by atoms with Crippen molar-refractivity contribution in [3.8, 4) is 0 Å². The maximum atomic E-state index is 10.00. The van der Waals surface area contributed by atoms with Gasteiger partial charge in [0, 0.05) is 29.9 Å². The molecule has 5 heteroatoms. The molecule has 0 radical (unpaired) electrons. The Balaban J connectivity index is 1.86. The van der Waals surface area contributed by atoms with Crippen molar-refractivity contribution in [2.45, 2.75) is 12.6 Å². The van der Waals surface area contributed by atoms with Crippen LogP contribution in [0.3, 0.4) is 0 Å². The molecule has 0 aliphatic heterocycles. The van der Waals surface area contributed by atoms with Crippen molar-refractivity contribution in [1.29, 1.82) is 0 Å². The van der Waals surface area contributed by atoms with Crippen molar-refractivity contribution in [3.63, 3.8) is 0 Å². The fourth-order valence-electron chi connectivity index (χ4n) is 1.62. The van der Waals surface area contributed by atoms with E-state index < -0.39 is 6.10 Å². The highest BCUT2D eigenvalue weighted by Crippen LogP contribution is 2.21. The molecule has 18 heavy (non-hydrogen) atoms. The van der Waals surface area contributed by atoms with Gasteiger partial charge in [-0.3, -0.25) is 0 Å². The molecule has 0 bridgehead atoms. The largest absolute Gasteiger partial charge is 0.387 e. The Hall–Kier alpha value is -1.49. The first-order valence-corrected chi connectivity index (χ1v) is 6.05. The molecule has 2 aromatic rings. The highest BCUT2D eigenvalue weighted by molar-refractivity contribution is 6.31. The predicted octanol–water partition coefficient (Wildman–Crippen LogP) is 1.95. The molecule has 1 aromatic heterocycles. The van der Waals surface area contributed by atoms with Gasteiger partial charge in [-0.05, 0) is 18.2 Å². The molecule has 1 aromatic carbocycles. The van der Waals surface area contributed by atoms with E-state index in [-0.39, 0.29) is 0 Å². The third kappa shape index (κ3) is 3.50. The van der Waals surface area contributed by atoms with E-state index in [0.717, 1.165) is 11.3 Å². The van der Waals surface area contributed by atoms with Crippen LogP contribution < -0.4 is 5.32 Å². The molecule has 0 aliphatic carbocycles. The molecule has 4 nitrogen and oxygen atoms in total. The van der Waals surface area contributed by atoms with Gasteiger partial charge in [0.1, 0.15) is 0 Å². The molecule has 2 rings (SSSR count). The number of halogens is 1. The molecule has 0 saturated heterocycles. The number of benzene rings is 1. The van der Waals surface area contributed by atoms with E-state index in [2.05, 4.69) is 15.5 Å². The summed E-state index contributed by atoms with van der Waals surface area (Å²) in [6.45, 7) is 0.982. The highest BCUT2D eigenvalue weighted by atomic mass is 35.5. The standard InChI is InChI=1S/C13H14ClN3O/c14-12-6-2-1-5-11(12)13(18)9-15-8-10-4-3-7-16-17-10/h1-7,13,15,18H,8-9H2. The zero-order chi connectivity index (χ0) is 12.8. The van der Waals surface area contributed by atoms with Crippen molar-refractivity contribution < 1.29 is 5.11 Å². The van der Waals surface area contributed by atoms with Crippen LogP contribution in [0.5, 0.6) is 0 Å². The van der Waals surface area contributed by atoms with Crippen LogP contribution in [0.2, 0.25) is 5.02 Å². The van der Waals surface area contributed by atoms with E-state index in [9.17, 15) is 5.11 Å². The third-order valence-electron chi connectivity index (χ3n) is 2.54. The molecule has 94 valence electrons. The minimum Gasteiger partial charge on any atom is -0.387 e. The summed E-state index contributed by atoms with van der Waals surface area (Å²) in [5.74, 6) is 0. The lowest BCUT2D eigenvalue weighted by Gasteiger charge is -2.13. The Kier molecular flexibility index (Phi) is 4.64. The molecular formula is C13H14ClN3O. The van der Waals surface area contributed by atoms with Gasteiger partial charge in [0.25, 0.3) is 0 Å². The molecule has 0 spiro atoms.